The van der Waals surface area contributed by atoms with Crippen molar-refractivity contribution in [3.8, 4) is 5.75 Å². The van der Waals surface area contributed by atoms with E-state index in [1.54, 1.807) is 37.6 Å². The van der Waals surface area contributed by atoms with Crippen molar-refractivity contribution in [2.75, 3.05) is 7.11 Å². The highest BCUT2D eigenvalue weighted by Gasteiger charge is 2.06. The van der Waals surface area contributed by atoms with Crippen LogP contribution in [0.25, 0.3) is 10.9 Å². The number of carbonyl (C=O) groups excluding carboxylic acids is 1. The van der Waals surface area contributed by atoms with E-state index in [1.165, 1.54) is 0 Å². The van der Waals surface area contributed by atoms with Gasteiger partial charge in [0.2, 0.25) is 0 Å². The molecule has 1 aromatic heterocycles. The van der Waals surface area contributed by atoms with Gasteiger partial charge in [-0.1, -0.05) is 24.3 Å². The zero-order valence-corrected chi connectivity index (χ0v) is 13.0. The van der Waals surface area contributed by atoms with Gasteiger partial charge >= 0.3 is 0 Å². The second-order valence-corrected chi connectivity index (χ2v) is 5.14. The number of rotatable bonds is 4. The fourth-order valence-corrected chi connectivity index (χ4v) is 2.47. The molecule has 116 valence electrons. The van der Waals surface area contributed by atoms with Crippen molar-refractivity contribution in [3.63, 3.8) is 0 Å². The smallest absolute Gasteiger partial charge is 0.271 e. The Kier molecular flexibility index (Phi) is 4.10. The van der Waals surface area contributed by atoms with Crippen molar-refractivity contribution in [2.45, 2.75) is 0 Å². The number of carbonyl (C=O) groups is 1. The molecule has 0 aliphatic heterocycles. The van der Waals surface area contributed by atoms with Gasteiger partial charge in [-0.05, 0) is 24.3 Å². The van der Waals surface area contributed by atoms with Crippen LogP contribution in [0, 0.1) is 0 Å². The molecule has 3 aromatic rings. The van der Waals surface area contributed by atoms with E-state index < -0.39 is 0 Å². The van der Waals surface area contributed by atoms with Crippen molar-refractivity contribution in [3.05, 3.63) is 65.9 Å². The summed E-state index contributed by atoms with van der Waals surface area (Å²) < 4.78 is 7.14. The Morgan fingerprint density at radius 3 is 2.87 bits per heavy atom. The molecule has 0 aliphatic carbocycles. The van der Waals surface area contributed by atoms with Gasteiger partial charge in [-0.25, -0.2) is 5.43 Å². The Morgan fingerprint density at radius 1 is 1.22 bits per heavy atom. The van der Waals surface area contributed by atoms with Gasteiger partial charge in [0, 0.05) is 35.3 Å². The minimum absolute atomic E-state index is 0.277. The Morgan fingerprint density at radius 2 is 2.04 bits per heavy atom. The highest BCUT2D eigenvalue weighted by Crippen LogP contribution is 2.18. The number of aryl methyl sites for hydroxylation is 1. The maximum absolute atomic E-state index is 12.1. The number of amides is 1. The lowest BCUT2D eigenvalue weighted by Crippen LogP contribution is -2.17. The number of nitrogens with zero attached hydrogens (tertiary/aromatic N) is 2. The summed E-state index contributed by atoms with van der Waals surface area (Å²) >= 11 is 0. The number of para-hydroxylation sites is 1. The van der Waals surface area contributed by atoms with Crippen molar-refractivity contribution < 1.29 is 9.53 Å². The molecule has 1 amide bonds. The Hall–Kier alpha value is -3.08. The third-order valence-electron chi connectivity index (χ3n) is 3.63. The molecule has 5 nitrogen and oxygen atoms in total. The van der Waals surface area contributed by atoms with Crippen LogP contribution >= 0.6 is 0 Å². The number of aromatic nitrogens is 1. The minimum Gasteiger partial charge on any atom is -0.497 e. The summed E-state index contributed by atoms with van der Waals surface area (Å²) in [5, 5.41) is 5.15. The van der Waals surface area contributed by atoms with Crippen molar-refractivity contribution in [1.29, 1.82) is 0 Å². The fourth-order valence-electron chi connectivity index (χ4n) is 2.47. The van der Waals surface area contributed by atoms with Gasteiger partial charge in [0.25, 0.3) is 5.91 Å². The molecule has 0 atom stereocenters. The molecule has 0 spiro atoms. The molecular weight excluding hydrogens is 290 g/mol. The van der Waals surface area contributed by atoms with E-state index in [0.29, 0.717) is 11.3 Å². The molecule has 0 saturated heterocycles. The largest absolute Gasteiger partial charge is 0.497 e. The molecule has 0 saturated carbocycles. The van der Waals surface area contributed by atoms with Crippen molar-refractivity contribution in [2.24, 2.45) is 12.1 Å². The summed E-state index contributed by atoms with van der Waals surface area (Å²) in [6.07, 6.45) is 3.63. The molecule has 3 rings (SSSR count). The standard InChI is InChI=1S/C18H17N3O2/c1-21-12-14(16-8-3-4-9-17(16)21)11-19-20-18(22)13-6-5-7-15(10-13)23-2/h3-12H,1-2H3,(H,20,22). The van der Waals surface area contributed by atoms with Crippen molar-refractivity contribution in [1.82, 2.24) is 9.99 Å². The van der Waals surface area contributed by atoms with Gasteiger partial charge in [-0.2, -0.15) is 5.10 Å². The van der Waals surface area contributed by atoms with Crippen LogP contribution in [-0.4, -0.2) is 23.8 Å². The predicted octanol–water partition coefficient (Wildman–Crippen LogP) is 2.95. The van der Waals surface area contributed by atoms with Gasteiger partial charge in [-0.15, -0.1) is 0 Å². The number of hydrogen-bond donors (Lipinski definition) is 1. The van der Waals surface area contributed by atoms with Crippen LogP contribution in [0.3, 0.4) is 0 Å². The van der Waals surface area contributed by atoms with E-state index in [9.17, 15) is 4.79 Å². The van der Waals surface area contributed by atoms with Crippen LogP contribution < -0.4 is 10.2 Å². The lowest BCUT2D eigenvalue weighted by Gasteiger charge is -2.02. The first-order valence-corrected chi connectivity index (χ1v) is 7.20. The van der Waals surface area contributed by atoms with Gasteiger partial charge in [0.05, 0.1) is 13.3 Å². The Labute approximate surface area is 134 Å². The first kappa shape index (κ1) is 14.8. The van der Waals surface area contributed by atoms with Crippen LogP contribution in [-0.2, 0) is 7.05 Å². The monoisotopic (exact) mass is 307 g/mol. The summed E-state index contributed by atoms with van der Waals surface area (Å²) in [4.78, 5) is 12.1. The fraction of sp³-hybridized carbons (Fsp3) is 0.111. The molecule has 23 heavy (non-hydrogen) atoms. The van der Waals surface area contributed by atoms with E-state index in [1.807, 2.05) is 42.1 Å². The molecular formula is C18H17N3O2. The molecule has 0 unspecified atom stereocenters. The number of methoxy groups -OCH3 is 1. The number of fused-ring (bicyclic) bond motifs is 1. The van der Waals surface area contributed by atoms with Crippen LogP contribution in [0.15, 0.2) is 59.8 Å². The zero-order chi connectivity index (χ0) is 16.2. The number of ether oxygens (including phenoxy) is 1. The molecule has 0 bridgehead atoms. The molecule has 0 aliphatic rings. The molecule has 1 heterocycles. The van der Waals surface area contributed by atoms with Crippen molar-refractivity contribution >= 4 is 23.0 Å². The normalized spacial score (nSPS) is 11.0. The van der Waals surface area contributed by atoms with Crippen LogP contribution in [0.2, 0.25) is 0 Å². The highest BCUT2D eigenvalue weighted by atomic mass is 16.5. The highest BCUT2D eigenvalue weighted by molar-refractivity contribution is 6.00. The van der Waals surface area contributed by atoms with Gasteiger partial charge in [0.1, 0.15) is 5.75 Å². The average Bonchev–Trinajstić information content (AvgIpc) is 2.91. The van der Waals surface area contributed by atoms with Gasteiger partial charge < -0.3 is 9.30 Å². The second kappa shape index (κ2) is 6.36. The first-order valence-electron chi connectivity index (χ1n) is 7.20. The molecule has 1 N–H and O–H groups in total. The second-order valence-electron chi connectivity index (χ2n) is 5.14. The van der Waals surface area contributed by atoms with Gasteiger partial charge in [0.15, 0.2) is 0 Å². The number of hydrazone groups is 1. The molecule has 0 radical (unpaired) electrons. The summed E-state index contributed by atoms with van der Waals surface area (Å²) in [5.41, 5.74) is 5.11. The topological polar surface area (TPSA) is 55.6 Å². The average molecular weight is 307 g/mol. The first-order chi connectivity index (χ1) is 11.2. The maximum atomic E-state index is 12.1. The van der Waals surface area contributed by atoms with Crippen LogP contribution in [0.5, 0.6) is 5.75 Å². The quantitative estimate of drug-likeness (QED) is 0.595. The molecule has 2 aromatic carbocycles. The summed E-state index contributed by atoms with van der Waals surface area (Å²) in [7, 11) is 3.55. The number of hydrogen-bond acceptors (Lipinski definition) is 3. The van der Waals surface area contributed by atoms with Crippen LogP contribution in [0.1, 0.15) is 15.9 Å². The minimum atomic E-state index is -0.277. The Balaban J connectivity index is 1.76. The zero-order valence-electron chi connectivity index (χ0n) is 13.0. The van der Waals surface area contributed by atoms with Crippen LogP contribution in [0.4, 0.5) is 0 Å². The molecule has 5 heteroatoms. The van der Waals surface area contributed by atoms with E-state index >= 15 is 0 Å². The predicted molar refractivity (Wildman–Crippen MR) is 91.0 cm³/mol. The molecule has 0 fully saturated rings. The van der Waals surface area contributed by atoms with E-state index in [4.69, 9.17) is 4.74 Å². The number of nitrogens with one attached hydrogen (secondary N) is 1. The van der Waals surface area contributed by atoms with E-state index in [-0.39, 0.29) is 5.91 Å². The summed E-state index contributed by atoms with van der Waals surface area (Å²) in [6.45, 7) is 0. The summed E-state index contributed by atoms with van der Waals surface area (Å²) in [5.74, 6) is 0.357. The third-order valence-corrected chi connectivity index (χ3v) is 3.63. The third kappa shape index (κ3) is 3.08. The number of benzene rings is 2. The van der Waals surface area contributed by atoms with E-state index in [0.717, 1.165) is 16.5 Å². The SMILES string of the molecule is COc1cccc(C(=O)NN=Cc2cn(C)c3ccccc23)c1. The lowest BCUT2D eigenvalue weighted by atomic mass is 10.2. The Bertz CT molecular complexity index is 881. The maximum Gasteiger partial charge on any atom is 0.271 e. The van der Waals surface area contributed by atoms with Gasteiger partial charge in [-0.3, -0.25) is 4.79 Å². The summed E-state index contributed by atoms with van der Waals surface area (Å²) in [6, 6.07) is 15.0. The van der Waals surface area contributed by atoms with E-state index in [2.05, 4.69) is 10.5 Å². The lowest BCUT2D eigenvalue weighted by molar-refractivity contribution is 0.0955.